The van der Waals surface area contributed by atoms with Crippen LogP contribution in [0.2, 0.25) is 0 Å². The molecule has 2 aromatic carbocycles. The third kappa shape index (κ3) is 6.40. The van der Waals surface area contributed by atoms with E-state index in [1.165, 1.54) is 19.1 Å². The van der Waals surface area contributed by atoms with Gasteiger partial charge in [0.25, 0.3) is 5.91 Å². The maximum atomic E-state index is 13.4. The van der Waals surface area contributed by atoms with Crippen LogP contribution in [0.3, 0.4) is 0 Å². The van der Waals surface area contributed by atoms with Crippen molar-refractivity contribution in [1.29, 1.82) is 0 Å². The van der Waals surface area contributed by atoms with Crippen LogP contribution in [0.25, 0.3) is 0 Å². The van der Waals surface area contributed by atoms with Crippen molar-refractivity contribution in [2.45, 2.75) is 19.4 Å². The van der Waals surface area contributed by atoms with Crippen molar-refractivity contribution in [3.8, 4) is 17.2 Å². The van der Waals surface area contributed by atoms with Crippen molar-refractivity contribution in [2.24, 2.45) is 0 Å². The second-order valence-electron chi connectivity index (χ2n) is 9.76. The predicted molar refractivity (Wildman–Crippen MR) is 152 cm³/mol. The summed E-state index contributed by atoms with van der Waals surface area (Å²) in [6, 6.07) is 11.3. The topological polar surface area (TPSA) is 110 Å². The van der Waals surface area contributed by atoms with Gasteiger partial charge >= 0.3 is 12.0 Å². The summed E-state index contributed by atoms with van der Waals surface area (Å²) in [6.07, 6.45) is 0.743. The molecular weight excluding hydrogens is 528 g/mol. The molecule has 1 fully saturated rings. The van der Waals surface area contributed by atoms with Crippen LogP contribution in [-0.4, -0.2) is 100 Å². The van der Waals surface area contributed by atoms with E-state index in [2.05, 4.69) is 10.2 Å². The van der Waals surface area contributed by atoms with Crippen molar-refractivity contribution in [3.63, 3.8) is 0 Å². The first kappa shape index (κ1) is 29.7. The number of esters is 1. The summed E-state index contributed by atoms with van der Waals surface area (Å²) in [4.78, 5) is 45.3. The van der Waals surface area contributed by atoms with Crippen LogP contribution < -0.4 is 19.5 Å². The van der Waals surface area contributed by atoms with Crippen LogP contribution in [0.5, 0.6) is 17.2 Å². The Kier molecular flexibility index (Phi) is 9.72. The fourth-order valence-electron chi connectivity index (χ4n) is 5.23. The van der Waals surface area contributed by atoms with Crippen molar-refractivity contribution in [1.82, 2.24) is 20.0 Å². The van der Waals surface area contributed by atoms with Gasteiger partial charge in [-0.1, -0.05) is 12.1 Å². The molecule has 0 radical (unpaired) electrons. The summed E-state index contributed by atoms with van der Waals surface area (Å²) in [7, 11) is 6.28. The zero-order valence-electron chi connectivity index (χ0n) is 24.3. The Morgan fingerprint density at radius 3 is 2.37 bits per heavy atom. The van der Waals surface area contributed by atoms with Gasteiger partial charge in [0.2, 0.25) is 0 Å². The van der Waals surface area contributed by atoms with E-state index in [1.54, 1.807) is 63.5 Å². The number of para-hydroxylation sites is 1. The van der Waals surface area contributed by atoms with Gasteiger partial charge in [-0.05, 0) is 43.7 Å². The average Bonchev–Trinajstić information content (AvgIpc) is 3.24. The number of nitrogens with one attached hydrogen (secondary N) is 1. The Morgan fingerprint density at radius 2 is 1.71 bits per heavy atom. The van der Waals surface area contributed by atoms with Crippen LogP contribution in [-0.2, 0) is 9.53 Å². The number of rotatable bonds is 9. The van der Waals surface area contributed by atoms with Crippen molar-refractivity contribution in [2.75, 3.05) is 67.7 Å². The third-order valence-corrected chi connectivity index (χ3v) is 7.40. The molecule has 0 saturated carbocycles. The molecule has 0 bridgehead atoms. The van der Waals surface area contributed by atoms with E-state index in [0.717, 1.165) is 6.42 Å². The molecule has 1 N–H and O–H groups in total. The Labute approximate surface area is 240 Å². The Bertz CT molecular complexity index is 1290. The molecule has 11 nitrogen and oxygen atoms in total. The predicted octanol–water partition coefficient (Wildman–Crippen LogP) is 3.07. The van der Waals surface area contributed by atoms with Gasteiger partial charge in [-0.3, -0.25) is 14.6 Å². The number of nitrogens with zero attached hydrogens (tertiary/aromatic N) is 3. The molecule has 1 unspecified atom stereocenters. The summed E-state index contributed by atoms with van der Waals surface area (Å²) >= 11 is 0. The maximum Gasteiger partial charge on any atom is 0.338 e. The number of hydrogen-bond donors (Lipinski definition) is 1. The number of carbonyl (C=O) groups is 3. The summed E-state index contributed by atoms with van der Waals surface area (Å²) in [5, 5.41) is 2.94. The molecular formula is C30H38N4O7. The summed E-state index contributed by atoms with van der Waals surface area (Å²) in [5.74, 6) is 1.04. The molecule has 2 heterocycles. The fourth-order valence-corrected chi connectivity index (χ4v) is 5.23. The van der Waals surface area contributed by atoms with E-state index in [9.17, 15) is 14.4 Å². The van der Waals surface area contributed by atoms with Gasteiger partial charge in [-0.25, -0.2) is 9.59 Å². The highest BCUT2D eigenvalue weighted by Gasteiger charge is 2.39. The fraction of sp³-hybridized carbons (Fsp3) is 0.433. The van der Waals surface area contributed by atoms with E-state index >= 15 is 0 Å². The highest BCUT2D eigenvalue weighted by atomic mass is 16.5. The summed E-state index contributed by atoms with van der Waals surface area (Å²) < 4.78 is 21.8. The molecule has 3 amide bonds. The van der Waals surface area contributed by atoms with Crippen LogP contribution in [0, 0.1) is 0 Å². The number of hydrogen-bond acceptors (Lipinski definition) is 8. The molecule has 0 spiro atoms. The largest absolute Gasteiger partial charge is 0.497 e. The number of methoxy groups -OCH3 is 3. The lowest BCUT2D eigenvalue weighted by molar-refractivity contribution is -0.139. The smallest absolute Gasteiger partial charge is 0.338 e. The second kappa shape index (κ2) is 13.4. The first-order valence-electron chi connectivity index (χ1n) is 13.6. The van der Waals surface area contributed by atoms with E-state index in [4.69, 9.17) is 18.9 Å². The van der Waals surface area contributed by atoms with Gasteiger partial charge in [0.1, 0.15) is 5.75 Å². The van der Waals surface area contributed by atoms with E-state index in [0.29, 0.717) is 72.4 Å². The van der Waals surface area contributed by atoms with Gasteiger partial charge in [0.15, 0.2) is 11.5 Å². The number of likely N-dealkylation sites (N-methyl/N-ethyl adjacent to an activating group) is 1. The van der Waals surface area contributed by atoms with Crippen LogP contribution >= 0.6 is 0 Å². The minimum atomic E-state index is -0.807. The van der Waals surface area contributed by atoms with Crippen molar-refractivity contribution >= 4 is 17.9 Å². The molecule has 1 atom stereocenters. The van der Waals surface area contributed by atoms with Gasteiger partial charge in [-0.15, -0.1) is 0 Å². The molecule has 0 aromatic heterocycles. The molecule has 220 valence electrons. The monoisotopic (exact) mass is 566 g/mol. The lowest BCUT2D eigenvalue weighted by Crippen LogP contribution is -2.49. The molecule has 41 heavy (non-hydrogen) atoms. The normalized spacial score (nSPS) is 18.0. The quantitative estimate of drug-likeness (QED) is 0.462. The number of ether oxygens (including phenoxy) is 4. The second-order valence-corrected chi connectivity index (χ2v) is 9.76. The van der Waals surface area contributed by atoms with Gasteiger partial charge < -0.3 is 29.2 Å². The van der Waals surface area contributed by atoms with Gasteiger partial charge in [-0.2, -0.15) is 0 Å². The van der Waals surface area contributed by atoms with Crippen LogP contribution in [0.15, 0.2) is 53.7 Å². The molecule has 2 aliphatic rings. The lowest BCUT2D eigenvalue weighted by atomic mass is 9.93. The molecule has 4 rings (SSSR count). The van der Waals surface area contributed by atoms with E-state index in [1.807, 2.05) is 4.90 Å². The Balaban J connectivity index is 1.63. The number of benzene rings is 2. The highest BCUT2D eigenvalue weighted by Crippen LogP contribution is 2.40. The Morgan fingerprint density at radius 1 is 0.951 bits per heavy atom. The van der Waals surface area contributed by atoms with Gasteiger partial charge in [0.05, 0.1) is 39.6 Å². The molecule has 1 saturated heterocycles. The van der Waals surface area contributed by atoms with Crippen molar-refractivity contribution in [3.05, 3.63) is 64.9 Å². The molecule has 0 aliphatic carbocycles. The summed E-state index contributed by atoms with van der Waals surface area (Å²) in [5.41, 5.74) is 2.05. The number of carbonyl (C=O) groups excluding carboxylic acids is 3. The van der Waals surface area contributed by atoms with Crippen LogP contribution in [0.1, 0.15) is 35.3 Å². The maximum absolute atomic E-state index is 13.4. The first-order valence-corrected chi connectivity index (χ1v) is 13.6. The lowest BCUT2D eigenvalue weighted by Gasteiger charge is -2.37. The SMILES string of the molecule is CCOC(=O)C1=C(CN2CCCN(C(=O)c3ccc(OC)cc3)CC2)N(C)C(=O)NC1c1cccc(OC)c1OC. The molecule has 2 aliphatic heterocycles. The average molecular weight is 567 g/mol. The summed E-state index contributed by atoms with van der Waals surface area (Å²) in [6.45, 7) is 4.63. The first-order chi connectivity index (χ1) is 19.8. The minimum Gasteiger partial charge on any atom is -0.497 e. The number of urea groups is 1. The standard InChI is InChI=1S/C30H38N4O7/c1-6-41-29(36)25-23(32(2)30(37)31-26(25)22-9-7-10-24(39-4)27(22)40-5)19-33-15-8-16-34(18-17-33)28(35)20-11-13-21(38-3)14-12-20/h7,9-14,26H,6,8,15-19H2,1-5H3,(H,31,37). The molecule has 2 aromatic rings. The minimum absolute atomic E-state index is 0.0414. The third-order valence-electron chi connectivity index (χ3n) is 7.40. The number of amides is 3. The van der Waals surface area contributed by atoms with E-state index in [-0.39, 0.29) is 18.5 Å². The van der Waals surface area contributed by atoms with Gasteiger partial charge in [0, 0.05) is 56.6 Å². The zero-order chi connectivity index (χ0) is 29.5. The van der Waals surface area contributed by atoms with Crippen molar-refractivity contribution < 1.29 is 33.3 Å². The zero-order valence-corrected chi connectivity index (χ0v) is 24.3. The Hall–Kier alpha value is -4.25. The highest BCUT2D eigenvalue weighted by molar-refractivity contribution is 5.96. The van der Waals surface area contributed by atoms with Crippen LogP contribution in [0.4, 0.5) is 4.79 Å². The van der Waals surface area contributed by atoms with E-state index < -0.39 is 12.0 Å². The molecule has 11 heteroatoms.